The van der Waals surface area contributed by atoms with Crippen LogP contribution in [0.2, 0.25) is 0 Å². The average Bonchev–Trinajstić information content (AvgIpc) is 2.54. The normalized spacial score (nSPS) is 11.8. The van der Waals surface area contributed by atoms with E-state index in [9.17, 15) is 4.79 Å². The van der Waals surface area contributed by atoms with Crippen LogP contribution in [0, 0.1) is 3.57 Å². The van der Waals surface area contributed by atoms with Crippen molar-refractivity contribution in [1.29, 1.82) is 0 Å². The highest BCUT2D eigenvalue weighted by Gasteiger charge is 2.20. The molecule has 18 heavy (non-hydrogen) atoms. The van der Waals surface area contributed by atoms with Crippen molar-refractivity contribution in [2.24, 2.45) is 0 Å². The Hall–Kier alpha value is -0.630. The molecule has 0 aliphatic heterocycles. The summed E-state index contributed by atoms with van der Waals surface area (Å²) in [7, 11) is 0. The van der Waals surface area contributed by atoms with Gasteiger partial charge in [-0.3, -0.25) is 0 Å². The van der Waals surface area contributed by atoms with E-state index < -0.39 is 5.60 Å². The Kier molecular flexibility index (Phi) is 3.68. The molecule has 96 valence electrons. The zero-order valence-corrected chi connectivity index (χ0v) is 13.9. The quantitative estimate of drug-likeness (QED) is 0.472. The van der Waals surface area contributed by atoms with Crippen molar-refractivity contribution in [3.05, 3.63) is 26.6 Å². The number of carbonyl (C=O) groups is 1. The first-order chi connectivity index (χ1) is 8.28. The van der Waals surface area contributed by atoms with Crippen LogP contribution in [-0.2, 0) is 4.74 Å². The fourth-order valence-electron chi connectivity index (χ4n) is 1.52. The van der Waals surface area contributed by atoms with E-state index in [1.54, 1.807) is 12.4 Å². The first-order valence-corrected chi connectivity index (χ1v) is 7.20. The summed E-state index contributed by atoms with van der Waals surface area (Å²) in [4.78, 5) is 16.2. The van der Waals surface area contributed by atoms with Crippen LogP contribution in [0.25, 0.3) is 10.9 Å². The highest BCUT2D eigenvalue weighted by molar-refractivity contribution is 14.1. The summed E-state index contributed by atoms with van der Waals surface area (Å²) >= 11 is 5.51. The Bertz CT molecular complexity index is 616. The van der Waals surface area contributed by atoms with E-state index in [0.29, 0.717) is 0 Å². The summed E-state index contributed by atoms with van der Waals surface area (Å²) in [6, 6.07) is 1.89. The number of fused-ring (bicyclic) bond motifs is 1. The van der Waals surface area contributed by atoms with Gasteiger partial charge >= 0.3 is 6.09 Å². The van der Waals surface area contributed by atoms with E-state index in [2.05, 4.69) is 43.5 Å². The summed E-state index contributed by atoms with van der Waals surface area (Å²) in [6.45, 7) is 5.53. The minimum absolute atomic E-state index is 0.389. The second kappa shape index (κ2) is 4.80. The van der Waals surface area contributed by atoms with Gasteiger partial charge in [-0.15, -0.1) is 0 Å². The third-order valence-electron chi connectivity index (χ3n) is 2.20. The maximum Gasteiger partial charge on any atom is 0.419 e. The molecule has 0 aliphatic rings. The molecule has 0 spiro atoms. The number of rotatable bonds is 0. The van der Waals surface area contributed by atoms with Crippen molar-refractivity contribution < 1.29 is 9.53 Å². The van der Waals surface area contributed by atoms with Crippen molar-refractivity contribution in [2.45, 2.75) is 26.4 Å². The van der Waals surface area contributed by atoms with Gasteiger partial charge in [0.05, 0.1) is 11.7 Å². The van der Waals surface area contributed by atoms with Crippen LogP contribution in [0.1, 0.15) is 20.8 Å². The molecule has 0 saturated heterocycles. The molecule has 0 radical (unpaired) electrons. The van der Waals surface area contributed by atoms with E-state index in [0.717, 1.165) is 19.1 Å². The lowest BCUT2D eigenvalue weighted by Gasteiger charge is -2.19. The Balaban J connectivity index is 2.49. The minimum atomic E-state index is -0.512. The first-order valence-electron chi connectivity index (χ1n) is 5.33. The smallest absolute Gasteiger partial charge is 0.419 e. The van der Waals surface area contributed by atoms with E-state index in [-0.39, 0.29) is 6.09 Å². The number of carbonyl (C=O) groups excluding carboxylic acids is 1. The van der Waals surface area contributed by atoms with E-state index in [1.807, 2.05) is 26.8 Å². The predicted octanol–water partition coefficient (Wildman–Crippen LogP) is 4.19. The lowest BCUT2D eigenvalue weighted by molar-refractivity contribution is 0.0544. The molecule has 2 aromatic rings. The van der Waals surface area contributed by atoms with E-state index in [4.69, 9.17) is 4.74 Å². The number of hydrogen-bond donors (Lipinski definition) is 0. The Morgan fingerprint density at radius 3 is 2.78 bits per heavy atom. The second-order valence-corrected chi connectivity index (χ2v) is 6.83. The van der Waals surface area contributed by atoms with Crippen molar-refractivity contribution in [3.8, 4) is 0 Å². The van der Waals surface area contributed by atoms with Gasteiger partial charge in [-0.2, -0.15) is 0 Å². The standard InChI is InChI=1S/C12H12BrIN2O2/c1-12(2,3)18-11(17)16-6-8(14)7-4-10(13)15-5-9(7)16/h4-6H,1-3H3. The van der Waals surface area contributed by atoms with Crippen molar-refractivity contribution >= 4 is 55.5 Å². The van der Waals surface area contributed by atoms with Crippen molar-refractivity contribution in [2.75, 3.05) is 0 Å². The SMILES string of the molecule is CC(C)(C)OC(=O)n1cc(I)c2cc(Br)ncc21. The number of aromatic nitrogens is 2. The molecule has 0 fully saturated rings. The number of pyridine rings is 1. The summed E-state index contributed by atoms with van der Waals surface area (Å²) < 4.78 is 8.57. The molecule has 2 heterocycles. The van der Waals surface area contributed by atoms with Crippen LogP contribution in [-0.4, -0.2) is 21.2 Å². The molecular weight excluding hydrogens is 411 g/mol. The van der Waals surface area contributed by atoms with Crippen molar-refractivity contribution in [3.63, 3.8) is 0 Å². The maximum atomic E-state index is 12.1. The van der Waals surface area contributed by atoms with Gasteiger partial charge in [-0.1, -0.05) is 0 Å². The van der Waals surface area contributed by atoms with Gasteiger partial charge in [0.1, 0.15) is 10.2 Å². The van der Waals surface area contributed by atoms with Gasteiger partial charge in [-0.05, 0) is 65.4 Å². The lowest BCUT2D eigenvalue weighted by Crippen LogP contribution is -2.26. The summed E-state index contributed by atoms with van der Waals surface area (Å²) in [5.74, 6) is 0. The molecule has 0 atom stereocenters. The molecule has 0 aliphatic carbocycles. The average molecular weight is 423 g/mol. The summed E-state index contributed by atoms with van der Waals surface area (Å²) in [5, 5.41) is 0.975. The topological polar surface area (TPSA) is 44.1 Å². The number of ether oxygens (including phenoxy) is 1. The van der Waals surface area contributed by atoms with Crippen LogP contribution in [0.5, 0.6) is 0 Å². The van der Waals surface area contributed by atoms with E-state index in [1.165, 1.54) is 4.57 Å². The van der Waals surface area contributed by atoms with Crippen LogP contribution in [0.3, 0.4) is 0 Å². The van der Waals surface area contributed by atoms with Gasteiger partial charge in [0.2, 0.25) is 0 Å². The molecule has 0 amide bonds. The Morgan fingerprint density at radius 1 is 1.50 bits per heavy atom. The monoisotopic (exact) mass is 422 g/mol. The predicted molar refractivity (Wildman–Crippen MR) is 81.8 cm³/mol. The van der Waals surface area contributed by atoms with Gasteiger partial charge in [-0.25, -0.2) is 14.3 Å². The molecule has 2 aromatic heterocycles. The molecule has 6 heteroatoms. The zero-order chi connectivity index (χ0) is 13.5. The highest BCUT2D eigenvalue weighted by Crippen LogP contribution is 2.25. The van der Waals surface area contributed by atoms with Crippen LogP contribution in [0.15, 0.2) is 23.1 Å². The number of nitrogens with zero attached hydrogens (tertiary/aromatic N) is 2. The summed E-state index contributed by atoms with van der Waals surface area (Å²) in [5.41, 5.74) is 0.235. The van der Waals surface area contributed by atoms with Gasteiger partial charge in [0, 0.05) is 15.2 Å². The number of halogens is 2. The third-order valence-corrected chi connectivity index (χ3v) is 3.49. The van der Waals surface area contributed by atoms with Crippen LogP contribution < -0.4 is 0 Å². The molecule has 0 N–H and O–H groups in total. The second-order valence-electron chi connectivity index (χ2n) is 4.85. The van der Waals surface area contributed by atoms with Gasteiger partial charge < -0.3 is 4.74 Å². The molecule has 0 unspecified atom stereocenters. The van der Waals surface area contributed by atoms with E-state index >= 15 is 0 Å². The fraction of sp³-hybridized carbons (Fsp3) is 0.333. The minimum Gasteiger partial charge on any atom is -0.443 e. The van der Waals surface area contributed by atoms with Crippen LogP contribution in [0.4, 0.5) is 4.79 Å². The maximum absolute atomic E-state index is 12.1. The van der Waals surface area contributed by atoms with Crippen LogP contribution >= 0.6 is 38.5 Å². The highest BCUT2D eigenvalue weighted by atomic mass is 127. The van der Waals surface area contributed by atoms with Crippen molar-refractivity contribution in [1.82, 2.24) is 9.55 Å². The van der Waals surface area contributed by atoms with Gasteiger partial charge in [0.15, 0.2) is 0 Å². The van der Waals surface area contributed by atoms with Gasteiger partial charge in [0.25, 0.3) is 0 Å². The molecule has 0 bridgehead atoms. The zero-order valence-electron chi connectivity index (χ0n) is 10.2. The summed E-state index contributed by atoms with van der Waals surface area (Å²) in [6.07, 6.45) is 3.03. The fourth-order valence-corrected chi connectivity index (χ4v) is 2.56. The molecule has 0 saturated carbocycles. The molecule has 2 rings (SSSR count). The largest absolute Gasteiger partial charge is 0.443 e. The Morgan fingerprint density at radius 2 is 2.17 bits per heavy atom. The Labute approximate surface area is 127 Å². The molecular formula is C12H12BrIN2O2. The lowest BCUT2D eigenvalue weighted by atomic mass is 10.2. The molecule has 4 nitrogen and oxygen atoms in total. The third kappa shape index (κ3) is 2.85. The number of hydrogen-bond acceptors (Lipinski definition) is 3. The first kappa shape index (κ1) is 13.8. The molecule has 0 aromatic carbocycles.